The van der Waals surface area contributed by atoms with E-state index in [1.165, 1.54) is 0 Å². The second-order valence-electron chi connectivity index (χ2n) is 4.54. The van der Waals surface area contributed by atoms with Gasteiger partial charge in [-0.1, -0.05) is 23.8 Å². The lowest BCUT2D eigenvalue weighted by Gasteiger charge is -2.07. The summed E-state index contributed by atoms with van der Waals surface area (Å²) in [5.41, 5.74) is 2.91. The molecule has 0 amide bonds. The number of aromatic nitrogens is 2. The summed E-state index contributed by atoms with van der Waals surface area (Å²) in [6.07, 6.45) is 0.986. The number of fused-ring (bicyclic) bond motifs is 1. The van der Waals surface area contributed by atoms with Crippen molar-refractivity contribution < 1.29 is 5.11 Å². The van der Waals surface area contributed by atoms with Gasteiger partial charge in [0.2, 0.25) is 0 Å². The maximum Gasteiger partial charge on any atom is 0.0988 e. The molecule has 0 fully saturated rings. The molecule has 3 nitrogen and oxygen atoms in total. The van der Waals surface area contributed by atoms with Crippen molar-refractivity contribution in [1.29, 1.82) is 0 Å². The lowest BCUT2D eigenvalue weighted by molar-refractivity contribution is 0.163. The molecule has 90 valence electrons. The fourth-order valence-corrected chi connectivity index (χ4v) is 2.01. The first-order valence-corrected chi connectivity index (χ1v) is 5.83. The number of allylic oxidation sites excluding steroid dienone is 1. The molecule has 17 heavy (non-hydrogen) atoms. The van der Waals surface area contributed by atoms with Crippen molar-refractivity contribution in [2.45, 2.75) is 25.9 Å². The van der Waals surface area contributed by atoms with Crippen LogP contribution in [0.2, 0.25) is 0 Å². The third kappa shape index (κ3) is 2.39. The van der Waals surface area contributed by atoms with Crippen molar-refractivity contribution in [3.05, 3.63) is 42.1 Å². The normalized spacial score (nSPS) is 12.9. The molecule has 1 aromatic heterocycles. The Bertz CT molecular complexity index is 542. The first-order chi connectivity index (χ1) is 8.09. The fraction of sp³-hybridized carbons (Fsp3) is 0.357. The highest BCUT2D eigenvalue weighted by atomic mass is 16.3. The molecule has 0 aliphatic heterocycles. The van der Waals surface area contributed by atoms with Crippen LogP contribution in [0, 0.1) is 0 Å². The van der Waals surface area contributed by atoms with Crippen molar-refractivity contribution in [2.24, 2.45) is 7.05 Å². The van der Waals surface area contributed by atoms with Gasteiger partial charge in [-0.3, -0.25) is 4.68 Å². The highest BCUT2D eigenvalue weighted by Gasteiger charge is 2.15. The molecule has 1 unspecified atom stereocenters. The maximum absolute atomic E-state index is 10.2. The number of aryl methyl sites for hydroxylation is 1. The van der Waals surface area contributed by atoms with Gasteiger partial charge in [0.1, 0.15) is 0 Å². The summed E-state index contributed by atoms with van der Waals surface area (Å²) < 4.78 is 1.81. The number of aliphatic hydroxyl groups excluding tert-OH is 1. The zero-order chi connectivity index (χ0) is 12.4. The summed E-state index contributed by atoms with van der Waals surface area (Å²) in [7, 11) is 1.90. The van der Waals surface area contributed by atoms with Crippen LogP contribution in [0.1, 0.15) is 31.6 Å². The minimum Gasteiger partial charge on any atom is -0.387 e. The van der Waals surface area contributed by atoms with E-state index in [4.69, 9.17) is 0 Å². The lowest BCUT2D eigenvalue weighted by Crippen LogP contribution is -2.00. The van der Waals surface area contributed by atoms with E-state index < -0.39 is 6.10 Å². The van der Waals surface area contributed by atoms with Gasteiger partial charge in [0.05, 0.1) is 17.3 Å². The van der Waals surface area contributed by atoms with Gasteiger partial charge in [0, 0.05) is 12.4 Å². The Morgan fingerprint density at radius 1 is 1.47 bits per heavy atom. The van der Waals surface area contributed by atoms with E-state index in [1.807, 2.05) is 42.9 Å². The van der Waals surface area contributed by atoms with Crippen LogP contribution in [0.15, 0.2) is 36.4 Å². The quantitative estimate of drug-likeness (QED) is 0.820. The Kier molecular flexibility index (Phi) is 3.29. The van der Waals surface area contributed by atoms with Crippen LogP contribution in [0.4, 0.5) is 0 Å². The molecule has 3 heteroatoms. The molecule has 2 aromatic rings. The molecule has 0 saturated heterocycles. The minimum atomic E-state index is -0.516. The minimum absolute atomic E-state index is 0.516. The van der Waals surface area contributed by atoms with Gasteiger partial charge < -0.3 is 5.11 Å². The number of nitrogens with zero attached hydrogens (tertiary/aromatic N) is 2. The topological polar surface area (TPSA) is 38.1 Å². The smallest absolute Gasteiger partial charge is 0.0988 e. The molecular weight excluding hydrogens is 212 g/mol. The number of benzene rings is 1. The summed E-state index contributed by atoms with van der Waals surface area (Å²) in [6, 6.07) is 7.96. The van der Waals surface area contributed by atoms with E-state index >= 15 is 0 Å². The Labute approximate surface area is 101 Å². The molecule has 2 rings (SSSR count). The number of para-hydroxylation sites is 1. The van der Waals surface area contributed by atoms with E-state index in [2.05, 4.69) is 11.7 Å². The molecular formula is C14H18N2O. The van der Waals surface area contributed by atoms with Gasteiger partial charge in [0.15, 0.2) is 0 Å². The molecule has 0 radical (unpaired) electrons. The highest BCUT2D eigenvalue weighted by molar-refractivity contribution is 5.82. The molecule has 0 aliphatic carbocycles. The van der Waals surface area contributed by atoms with Crippen LogP contribution in [0.25, 0.3) is 10.9 Å². The lowest BCUT2D eigenvalue weighted by atomic mass is 10.0. The standard InChI is InChI=1S/C14H18N2O/c1-10(2)8-9-13(17)14-11-6-4-5-7-12(11)16(3)15-14/h4-7,13,17H,1,8-9H2,2-3H3. The monoisotopic (exact) mass is 230 g/mol. The summed E-state index contributed by atoms with van der Waals surface area (Å²) in [4.78, 5) is 0. The van der Waals surface area contributed by atoms with E-state index in [0.717, 1.165) is 28.6 Å². The second-order valence-corrected chi connectivity index (χ2v) is 4.54. The molecule has 0 spiro atoms. The Morgan fingerprint density at radius 3 is 2.88 bits per heavy atom. The molecule has 0 aliphatic rings. The van der Waals surface area contributed by atoms with Crippen LogP contribution >= 0.6 is 0 Å². The van der Waals surface area contributed by atoms with E-state index in [0.29, 0.717) is 6.42 Å². The summed E-state index contributed by atoms with van der Waals surface area (Å²) in [5, 5.41) is 15.6. The van der Waals surface area contributed by atoms with Gasteiger partial charge >= 0.3 is 0 Å². The van der Waals surface area contributed by atoms with Crippen LogP contribution in [-0.4, -0.2) is 14.9 Å². The van der Waals surface area contributed by atoms with E-state index in [1.54, 1.807) is 0 Å². The van der Waals surface area contributed by atoms with Crippen LogP contribution < -0.4 is 0 Å². The van der Waals surface area contributed by atoms with E-state index in [9.17, 15) is 5.11 Å². The van der Waals surface area contributed by atoms with Crippen molar-refractivity contribution in [2.75, 3.05) is 0 Å². The van der Waals surface area contributed by atoms with Crippen molar-refractivity contribution in [3.63, 3.8) is 0 Å². The molecule has 1 heterocycles. The van der Waals surface area contributed by atoms with Crippen molar-refractivity contribution in [1.82, 2.24) is 9.78 Å². The molecule has 0 bridgehead atoms. The second kappa shape index (κ2) is 4.72. The number of hydrogen-bond donors (Lipinski definition) is 1. The summed E-state index contributed by atoms with van der Waals surface area (Å²) >= 11 is 0. The van der Waals surface area contributed by atoms with Gasteiger partial charge in [0.25, 0.3) is 0 Å². The van der Waals surface area contributed by atoms with Gasteiger partial charge in [-0.15, -0.1) is 6.58 Å². The summed E-state index contributed by atoms with van der Waals surface area (Å²) in [5.74, 6) is 0. The Morgan fingerprint density at radius 2 is 2.18 bits per heavy atom. The average Bonchev–Trinajstić information content (AvgIpc) is 2.65. The average molecular weight is 230 g/mol. The van der Waals surface area contributed by atoms with Gasteiger partial charge in [-0.25, -0.2) is 0 Å². The first kappa shape index (κ1) is 11.9. The molecule has 1 N–H and O–H groups in total. The highest BCUT2D eigenvalue weighted by Crippen LogP contribution is 2.26. The molecule has 1 atom stereocenters. The molecule has 1 aromatic carbocycles. The van der Waals surface area contributed by atoms with Crippen LogP contribution in [0.5, 0.6) is 0 Å². The summed E-state index contributed by atoms with van der Waals surface area (Å²) in [6.45, 7) is 5.83. The maximum atomic E-state index is 10.2. The number of aliphatic hydroxyl groups is 1. The predicted octanol–water partition coefficient (Wildman–Crippen LogP) is 2.96. The van der Waals surface area contributed by atoms with Gasteiger partial charge in [-0.2, -0.15) is 5.10 Å². The third-order valence-corrected chi connectivity index (χ3v) is 2.95. The fourth-order valence-electron chi connectivity index (χ4n) is 2.01. The SMILES string of the molecule is C=C(C)CCC(O)c1nn(C)c2ccccc12. The first-order valence-electron chi connectivity index (χ1n) is 5.83. The number of rotatable bonds is 4. The Hall–Kier alpha value is -1.61. The zero-order valence-corrected chi connectivity index (χ0v) is 10.3. The van der Waals surface area contributed by atoms with Crippen molar-refractivity contribution >= 4 is 10.9 Å². The number of hydrogen-bond acceptors (Lipinski definition) is 2. The largest absolute Gasteiger partial charge is 0.387 e. The molecule has 0 saturated carbocycles. The van der Waals surface area contributed by atoms with E-state index in [-0.39, 0.29) is 0 Å². The zero-order valence-electron chi connectivity index (χ0n) is 10.3. The van der Waals surface area contributed by atoms with Crippen LogP contribution in [0.3, 0.4) is 0 Å². The van der Waals surface area contributed by atoms with Crippen molar-refractivity contribution in [3.8, 4) is 0 Å². The van der Waals surface area contributed by atoms with Gasteiger partial charge in [-0.05, 0) is 25.8 Å². The third-order valence-electron chi connectivity index (χ3n) is 2.95. The van der Waals surface area contributed by atoms with Crippen LogP contribution in [-0.2, 0) is 7.05 Å². The Balaban J connectivity index is 2.32. The predicted molar refractivity (Wildman–Crippen MR) is 69.7 cm³/mol.